The summed E-state index contributed by atoms with van der Waals surface area (Å²) in [6, 6.07) is 7.78. The minimum Gasteiger partial charge on any atom is -0.494 e. The summed E-state index contributed by atoms with van der Waals surface area (Å²) in [6.07, 6.45) is 6.27. The molecule has 2 fully saturated rings. The second-order valence-corrected chi connectivity index (χ2v) is 7.19. The van der Waals surface area contributed by atoms with Gasteiger partial charge in [-0.1, -0.05) is 19.3 Å². The molecular weight excluding hydrogens is 330 g/mol. The molecule has 142 valence electrons. The Kier molecular flexibility index (Phi) is 6.36. The number of benzene rings is 1. The van der Waals surface area contributed by atoms with Crippen LogP contribution in [0, 0.1) is 5.92 Å². The van der Waals surface area contributed by atoms with Crippen LogP contribution in [0.2, 0.25) is 0 Å². The molecule has 0 unspecified atom stereocenters. The molecule has 1 heterocycles. The minimum atomic E-state index is -0.108. The normalized spacial score (nSPS) is 20.9. The number of carbonyl (C=O) groups is 2. The van der Waals surface area contributed by atoms with Gasteiger partial charge in [-0.15, -0.1) is 0 Å². The minimum absolute atomic E-state index is 0.105. The summed E-state index contributed by atoms with van der Waals surface area (Å²) in [5, 5.41) is 5.99. The van der Waals surface area contributed by atoms with Crippen molar-refractivity contribution in [2.75, 3.05) is 24.6 Å². The van der Waals surface area contributed by atoms with Gasteiger partial charge < -0.3 is 20.3 Å². The third-order valence-electron chi connectivity index (χ3n) is 5.16. The molecule has 0 bridgehead atoms. The summed E-state index contributed by atoms with van der Waals surface area (Å²) in [5.41, 5.74) is 0.882. The number of urea groups is 1. The Morgan fingerprint density at radius 1 is 1.19 bits per heavy atom. The Balaban J connectivity index is 1.45. The molecule has 2 N–H and O–H groups in total. The van der Waals surface area contributed by atoms with Crippen LogP contribution in [-0.2, 0) is 4.79 Å². The van der Waals surface area contributed by atoms with Gasteiger partial charge in [-0.05, 0) is 44.0 Å². The van der Waals surface area contributed by atoms with Gasteiger partial charge in [0.2, 0.25) is 5.91 Å². The monoisotopic (exact) mass is 359 g/mol. The van der Waals surface area contributed by atoms with E-state index in [0.29, 0.717) is 32.2 Å². The number of nitrogens with zero attached hydrogens (tertiary/aromatic N) is 1. The number of ether oxygens (including phenoxy) is 1. The Morgan fingerprint density at radius 2 is 1.92 bits per heavy atom. The highest BCUT2D eigenvalue weighted by atomic mass is 16.5. The number of rotatable bonds is 6. The Hall–Kier alpha value is -2.24. The predicted molar refractivity (Wildman–Crippen MR) is 101 cm³/mol. The highest BCUT2D eigenvalue weighted by Crippen LogP contribution is 2.26. The average Bonchev–Trinajstić information content (AvgIpc) is 3.03. The molecule has 1 saturated carbocycles. The molecule has 0 radical (unpaired) electrons. The molecule has 3 rings (SSSR count). The fraction of sp³-hybridized carbons (Fsp3) is 0.600. The van der Waals surface area contributed by atoms with E-state index in [4.69, 9.17) is 4.74 Å². The first-order valence-corrected chi connectivity index (χ1v) is 9.73. The molecule has 1 aliphatic heterocycles. The standard InChI is InChI=1S/C20H29N3O3/c1-2-26-18-10-8-17(9-11-18)23-14-15(12-19(23)24)13-21-20(25)22-16-6-4-3-5-7-16/h8-11,15-16H,2-7,12-14H2,1H3,(H2,21,22,25)/t15-/m0/s1. The summed E-state index contributed by atoms with van der Waals surface area (Å²) in [5.74, 6) is 1.06. The van der Waals surface area contributed by atoms with Crippen molar-refractivity contribution in [3.05, 3.63) is 24.3 Å². The van der Waals surface area contributed by atoms with E-state index in [0.717, 1.165) is 24.3 Å². The van der Waals surface area contributed by atoms with Gasteiger partial charge in [0, 0.05) is 37.2 Å². The number of amides is 3. The van der Waals surface area contributed by atoms with Crippen molar-refractivity contribution in [3.8, 4) is 5.75 Å². The molecule has 1 atom stereocenters. The van der Waals surface area contributed by atoms with Crippen LogP contribution >= 0.6 is 0 Å². The van der Waals surface area contributed by atoms with E-state index in [9.17, 15) is 9.59 Å². The van der Waals surface area contributed by atoms with E-state index < -0.39 is 0 Å². The van der Waals surface area contributed by atoms with Crippen molar-refractivity contribution in [2.24, 2.45) is 5.92 Å². The molecule has 1 aliphatic carbocycles. The average molecular weight is 359 g/mol. The summed E-state index contributed by atoms with van der Waals surface area (Å²) < 4.78 is 5.44. The van der Waals surface area contributed by atoms with E-state index in [1.54, 1.807) is 4.90 Å². The van der Waals surface area contributed by atoms with Gasteiger partial charge in [0.25, 0.3) is 0 Å². The second-order valence-electron chi connectivity index (χ2n) is 7.19. The maximum absolute atomic E-state index is 12.3. The molecule has 6 heteroatoms. The summed E-state index contributed by atoms with van der Waals surface area (Å²) >= 11 is 0. The van der Waals surface area contributed by atoms with Crippen LogP contribution in [0.25, 0.3) is 0 Å². The highest BCUT2D eigenvalue weighted by Gasteiger charge is 2.30. The lowest BCUT2D eigenvalue weighted by Crippen LogP contribution is -2.44. The molecule has 2 aliphatic rings. The number of anilines is 1. The van der Waals surface area contributed by atoms with E-state index in [-0.39, 0.29) is 17.9 Å². The van der Waals surface area contributed by atoms with Gasteiger partial charge in [-0.3, -0.25) is 4.79 Å². The summed E-state index contributed by atoms with van der Waals surface area (Å²) in [4.78, 5) is 26.2. The Bertz CT molecular complexity index is 611. The largest absolute Gasteiger partial charge is 0.494 e. The van der Waals surface area contributed by atoms with Crippen LogP contribution in [0.5, 0.6) is 5.75 Å². The molecule has 0 spiro atoms. The van der Waals surface area contributed by atoms with E-state index >= 15 is 0 Å². The van der Waals surface area contributed by atoms with E-state index in [1.807, 2.05) is 31.2 Å². The van der Waals surface area contributed by atoms with Crippen molar-refractivity contribution in [2.45, 2.75) is 51.5 Å². The predicted octanol–water partition coefficient (Wildman–Crippen LogP) is 3.07. The smallest absolute Gasteiger partial charge is 0.315 e. The SMILES string of the molecule is CCOc1ccc(N2C[C@H](CNC(=O)NC3CCCCC3)CC2=O)cc1. The van der Waals surface area contributed by atoms with Crippen LogP contribution in [0.4, 0.5) is 10.5 Å². The number of hydrogen-bond acceptors (Lipinski definition) is 3. The molecule has 1 aromatic rings. The van der Waals surface area contributed by atoms with Crippen molar-refractivity contribution in [1.29, 1.82) is 0 Å². The molecule has 1 aromatic carbocycles. The van der Waals surface area contributed by atoms with Crippen LogP contribution in [0.1, 0.15) is 45.4 Å². The van der Waals surface area contributed by atoms with Crippen LogP contribution in [-0.4, -0.2) is 37.7 Å². The van der Waals surface area contributed by atoms with E-state index in [2.05, 4.69) is 10.6 Å². The lowest BCUT2D eigenvalue weighted by Gasteiger charge is -2.23. The first-order valence-electron chi connectivity index (χ1n) is 9.73. The van der Waals surface area contributed by atoms with Gasteiger partial charge >= 0.3 is 6.03 Å². The molecule has 3 amide bonds. The van der Waals surface area contributed by atoms with Crippen molar-refractivity contribution in [1.82, 2.24) is 10.6 Å². The number of nitrogens with one attached hydrogen (secondary N) is 2. The van der Waals surface area contributed by atoms with Gasteiger partial charge in [0.1, 0.15) is 5.75 Å². The second kappa shape index (κ2) is 8.92. The number of carbonyl (C=O) groups excluding carboxylic acids is 2. The van der Waals surface area contributed by atoms with Crippen LogP contribution in [0.15, 0.2) is 24.3 Å². The fourth-order valence-corrected chi connectivity index (χ4v) is 3.78. The zero-order chi connectivity index (χ0) is 18.4. The zero-order valence-corrected chi connectivity index (χ0v) is 15.5. The Morgan fingerprint density at radius 3 is 2.62 bits per heavy atom. The molecule has 0 aromatic heterocycles. The van der Waals surface area contributed by atoms with Crippen LogP contribution in [0.3, 0.4) is 0 Å². The lowest BCUT2D eigenvalue weighted by atomic mass is 9.96. The zero-order valence-electron chi connectivity index (χ0n) is 15.5. The van der Waals surface area contributed by atoms with Gasteiger partial charge in [-0.25, -0.2) is 4.79 Å². The topological polar surface area (TPSA) is 70.7 Å². The van der Waals surface area contributed by atoms with Gasteiger partial charge in [-0.2, -0.15) is 0 Å². The molecule has 26 heavy (non-hydrogen) atoms. The first kappa shape index (κ1) is 18.5. The van der Waals surface area contributed by atoms with Crippen LogP contribution < -0.4 is 20.3 Å². The molecule has 1 saturated heterocycles. The lowest BCUT2D eigenvalue weighted by molar-refractivity contribution is -0.117. The van der Waals surface area contributed by atoms with Crippen molar-refractivity contribution < 1.29 is 14.3 Å². The van der Waals surface area contributed by atoms with Crippen molar-refractivity contribution in [3.63, 3.8) is 0 Å². The fourth-order valence-electron chi connectivity index (χ4n) is 3.78. The quantitative estimate of drug-likeness (QED) is 0.820. The maximum Gasteiger partial charge on any atom is 0.315 e. The summed E-state index contributed by atoms with van der Waals surface area (Å²) in [6.45, 7) is 3.73. The third kappa shape index (κ3) is 4.90. The van der Waals surface area contributed by atoms with Gasteiger partial charge in [0.05, 0.1) is 6.61 Å². The number of hydrogen-bond donors (Lipinski definition) is 2. The molecular formula is C20H29N3O3. The highest BCUT2D eigenvalue weighted by molar-refractivity contribution is 5.95. The van der Waals surface area contributed by atoms with Gasteiger partial charge in [0.15, 0.2) is 0 Å². The maximum atomic E-state index is 12.3. The molecule has 6 nitrogen and oxygen atoms in total. The first-order chi connectivity index (χ1) is 12.7. The van der Waals surface area contributed by atoms with E-state index in [1.165, 1.54) is 19.3 Å². The third-order valence-corrected chi connectivity index (χ3v) is 5.16. The van der Waals surface area contributed by atoms with Crippen molar-refractivity contribution >= 4 is 17.6 Å². The Labute approximate surface area is 155 Å². The summed E-state index contributed by atoms with van der Waals surface area (Å²) in [7, 11) is 0.